The normalized spacial score (nSPS) is 14.0. The first kappa shape index (κ1) is 14.1. The third kappa shape index (κ3) is 2.31. The molecular formula is C13H15NO4. The maximum Gasteiger partial charge on any atom is 0.335 e. The van der Waals surface area contributed by atoms with Gasteiger partial charge in [0, 0.05) is 17.0 Å². The Kier molecular flexibility index (Phi) is 3.98. The van der Waals surface area contributed by atoms with Crippen LogP contribution in [0.5, 0.6) is 0 Å². The number of carboxylic acids is 1. The maximum atomic E-state index is 12.0. The highest BCUT2D eigenvalue weighted by atomic mass is 16.4. The Balaban J connectivity index is 3.46. The topological polar surface area (TPSA) is 97.5 Å². The lowest BCUT2D eigenvalue weighted by Crippen LogP contribution is -2.47. The van der Waals surface area contributed by atoms with E-state index >= 15 is 0 Å². The number of carbonyl (C=O) groups is 3. The Labute approximate surface area is 105 Å². The Morgan fingerprint density at radius 1 is 1.33 bits per heavy atom. The summed E-state index contributed by atoms with van der Waals surface area (Å²) in [6.07, 6.45) is 0.141. The van der Waals surface area contributed by atoms with Crippen LogP contribution in [0, 0.1) is 5.92 Å². The van der Waals surface area contributed by atoms with E-state index in [1.54, 1.807) is 26.0 Å². The molecule has 0 radical (unpaired) electrons. The molecule has 1 aromatic carbocycles. The van der Waals surface area contributed by atoms with Crippen LogP contribution in [-0.4, -0.2) is 23.1 Å². The predicted octanol–water partition coefficient (Wildman–Crippen LogP) is 0.963. The summed E-state index contributed by atoms with van der Waals surface area (Å²) in [5, 5.41) is 9.06. The average molecular weight is 249 g/mol. The van der Waals surface area contributed by atoms with E-state index in [1.807, 2.05) is 0 Å². The molecule has 5 heteroatoms. The van der Waals surface area contributed by atoms with Crippen molar-refractivity contribution >= 4 is 18.0 Å². The first-order valence-electron chi connectivity index (χ1n) is 5.47. The molecule has 3 N–H and O–H groups in total. The second kappa shape index (κ2) is 5.10. The van der Waals surface area contributed by atoms with Crippen molar-refractivity contribution in [3.05, 3.63) is 35.4 Å². The molecule has 0 aromatic heterocycles. The van der Waals surface area contributed by atoms with Gasteiger partial charge in [0.1, 0.15) is 0 Å². The predicted molar refractivity (Wildman–Crippen MR) is 65.2 cm³/mol. The van der Waals surface area contributed by atoms with Crippen molar-refractivity contribution in [3.63, 3.8) is 0 Å². The Hall–Kier alpha value is -2.01. The first-order chi connectivity index (χ1) is 8.34. The van der Waals surface area contributed by atoms with E-state index in [-0.39, 0.29) is 29.1 Å². The minimum atomic E-state index is -2.19. The number of hydrogen-bond acceptors (Lipinski definition) is 4. The van der Waals surface area contributed by atoms with Crippen LogP contribution < -0.4 is 5.73 Å². The zero-order chi connectivity index (χ0) is 13.9. The lowest BCUT2D eigenvalue weighted by molar-refractivity contribution is -0.145. The van der Waals surface area contributed by atoms with Crippen LogP contribution in [0.25, 0.3) is 0 Å². The quantitative estimate of drug-likeness (QED) is 0.460. The highest BCUT2D eigenvalue weighted by Crippen LogP contribution is 2.23. The zero-order valence-electron chi connectivity index (χ0n) is 10.2. The Morgan fingerprint density at radius 3 is 2.33 bits per heavy atom. The number of ketones is 1. The van der Waals surface area contributed by atoms with Gasteiger partial charge in [-0.25, -0.2) is 4.79 Å². The van der Waals surface area contributed by atoms with Gasteiger partial charge in [-0.15, -0.1) is 0 Å². The molecule has 18 heavy (non-hydrogen) atoms. The second-order valence-corrected chi connectivity index (χ2v) is 4.36. The van der Waals surface area contributed by atoms with Gasteiger partial charge >= 0.3 is 5.97 Å². The summed E-state index contributed by atoms with van der Waals surface area (Å²) in [5.74, 6) is -2.04. The molecule has 96 valence electrons. The zero-order valence-corrected chi connectivity index (χ0v) is 10.2. The molecular weight excluding hydrogens is 234 g/mol. The molecule has 0 saturated carbocycles. The molecule has 1 rings (SSSR count). The van der Waals surface area contributed by atoms with Crippen LogP contribution in [0.3, 0.4) is 0 Å². The van der Waals surface area contributed by atoms with Crippen LogP contribution in [-0.2, 0) is 15.1 Å². The van der Waals surface area contributed by atoms with Gasteiger partial charge in [0.25, 0.3) is 0 Å². The lowest BCUT2D eigenvalue weighted by atomic mass is 9.85. The summed E-state index contributed by atoms with van der Waals surface area (Å²) < 4.78 is 0. The van der Waals surface area contributed by atoms with Gasteiger partial charge in [-0.05, 0) is 0 Å². The summed E-state index contributed by atoms with van der Waals surface area (Å²) >= 11 is 0. The van der Waals surface area contributed by atoms with E-state index in [0.717, 1.165) is 0 Å². The van der Waals surface area contributed by atoms with Crippen molar-refractivity contribution in [2.45, 2.75) is 19.4 Å². The number of hydrogen-bond donors (Lipinski definition) is 2. The van der Waals surface area contributed by atoms with Crippen molar-refractivity contribution in [1.82, 2.24) is 0 Å². The van der Waals surface area contributed by atoms with Crippen molar-refractivity contribution in [1.29, 1.82) is 0 Å². The van der Waals surface area contributed by atoms with Crippen LogP contribution in [0.2, 0.25) is 0 Å². The molecule has 0 amide bonds. The standard InChI is InChI=1S/C13H15NO4/c1-8(2)11(16)9-5-3-4-6-10(9)13(14,7-15)12(17)18/h3-8H,14H2,1-2H3,(H,17,18). The lowest BCUT2D eigenvalue weighted by Gasteiger charge is -2.21. The minimum absolute atomic E-state index is 0.0196. The summed E-state index contributed by atoms with van der Waals surface area (Å²) in [6, 6.07) is 6.01. The third-order valence-electron chi connectivity index (χ3n) is 2.70. The monoisotopic (exact) mass is 249 g/mol. The highest BCUT2D eigenvalue weighted by molar-refractivity contribution is 6.05. The molecule has 1 atom stereocenters. The van der Waals surface area contributed by atoms with Gasteiger partial charge in [0.2, 0.25) is 0 Å². The summed E-state index contributed by atoms with van der Waals surface area (Å²) in [6.45, 7) is 3.39. The molecule has 0 saturated heterocycles. The molecule has 0 aliphatic rings. The second-order valence-electron chi connectivity index (χ2n) is 4.36. The third-order valence-corrected chi connectivity index (χ3v) is 2.70. The molecule has 1 aromatic rings. The number of nitrogens with two attached hydrogens (primary N) is 1. The van der Waals surface area contributed by atoms with E-state index < -0.39 is 11.5 Å². The number of Topliss-reactive ketones (excluding diaryl/α,β-unsaturated/α-hetero) is 1. The maximum absolute atomic E-state index is 12.0. The van der Waals surface area contributed by atoms with Crippen LogP contribution in [0.4, 0.5) is 0 Å². The molecule has 1 unspecified atom stereocenters. The molecule has 0 bridgehead atoms. The van der Waals surface area contributed by atoms with E-state index in [2.05, 4.69) is 0 Å². The molecule has 0 heterocycles. The van der Waals surface area contributed by atoms with Gasteiger partial charge in [-0.1, -0.05) is 38.1 Å². The van der Waals surface area contributed by atoms with Crippen molar-refractivity contribution < 1.29 is 19.5 Å². The van der Waals surface area contributed by atoms with Crippen LogP contribution in [0.1, 0.15) is 29.8 Å². The van der Waals surface area contributed by atoms with Gasteiger partial charge in [0.15, 0.2) is 17.6 Å². The molecule has 0 fully saturated rings. The van der Waals surface area contributed by atoms with E-state index in [1.165, 1.54) is 12.1 Å². The number of carboxylic acid groups (broad SMARTS) is 1. The van der Waals surface area contributed by atoms with E-state index in [9.17, 15) is 14.4 Å². The summed E-state index contributed by atoms with van der Waals surface area (Å²) in [4.78, 5) is 34.1. The summed E-state index contributed by atoms with van der Waals surface area (Å²) in [7, 11) is 0. The number of rotatable bonds is 5. The minimum Gasteiger partial charge on any atom is -0.479 e. The van der Waals surface area contributed by atoms with E-state index in [4.69, 9.17) is 10.8 Å². The fourth-order valence-electron chi connectivity index (χ4n) is 1.60. The molecule has 0 aliphatic heterocycles. The summed E-state index contributed by atoms with van der Waals surface area (Å²) in [5.41, 5.74) is 3.58. The van der Waals surface area contributed by atoms with Gasteiger partial charge in [-0.3, -0.25) is 4.79 Å². The highest BCUT2D eigenvalue weighted by Gasteiger charge is 2.39. The van der Waals surface area contributed by atoms with Gasteiger partial charge < -0.3 is 15.6 Å². The number of carbonyl (C=O) groups excluding carboxylic acids is 2. The number of benzene rings is 1. The van der Waals surface area contributed by atoms with Crippen molar-refractivity contribution in [2.75, 3.05) is 0 Å². The van der Waals surface area contributed by atoms with Gasteiger partial charge in [-0.2, -0.15) is 0 Å². The average Bonchev–Trinajstić information content (AvgIpc) is 2.36. The smallest absolute Gasteiger partial charge is 0.335 e. The van der Waals surface area contributed by atoms with Gasteiger partial charge in [0.05, 0.1) is 0 Å². The Bertz CT molecular complexity index is 496. The fraction of sp³-hybridized carbons (Fsp3) is 0.308. The first-order valence-corrected chi connectivity index (χ1v) is 5.47. The fourth-order valence-corrected chi connectivity index (χ4v) is 1.60. The van der Waals surface area contributed by atoms with E-state index in [0.29, 0.717) is 0 Å². The van der Waals surface area contributed by atoms with Crippen LogP contribution >= 0.6 is 0 Å². The largest absolute Gasteiger partial charge is 0.479 e. The van der Waals surface area contributed by atoms with Crippen molar-refractivity contribution in [3.8, 4) is 0 Å². The number of aliphatic carboxylic acids is 1. The molecule has 0 spiro atoms. The Morgan fingerprint density at radius 2 is 1.89 bits per heavy atom. The number of aldehydes is 1. The molecule has 0 aliphatic carbocycles. The molecule has 5 nitrogen and oxygen atoms in total. The SMILES string of the molecule is CC(C)C(=O)c1ccccc1C(N)(C=O)C(=O)O. The van der Waals surface area contributed by atoms with Crippen LogP contribution in [0.15, 0.2) is 24.3 Å². The van der Waals surface area contributed by atoms with Crippen molar-refractivity contribution in [2.24, 2.45) is 11.7 Å².